The highest BCUT2D eigenvalue weighted by Gasteiger charge is 2.25. The SMILES string of the molecule is CCCN(C(=O)/C(NC(=O)c1ccccc1)=C(\Br)c1ccccc1)c1ccc(O)cc1. The van der Waals surface area contributed by atoms with E-state index in [4.69, 9.17) is 0 Å². The molecule has 158 valence electrons. The van der Waals surface area contributed by atoms with Gasteiger partial charge in [-0.3, -0.25) is 9.59 Å². The topological polar surface area (TPSA) is 69.6 Å². The summed E-state index contributed by atoms with van der Waals surface area (Å²) in [6.07, 6.45) is 0.718. The van der Waals surface area contributed by atoms with Crippen molar-refractivity contribution < 1.29 is 14.7 Å². The second-order valence-corrected chi connectivity index (χ2v) is 7.64. The van der Waals surface area contributed by atoms with Crippen molar-refractivity contribution in [1.29, 1.82) is 0 Å². The van der Waals surface area contributed by atoms with Crippen LogP contribution in [0.1, 0.15) is 29.3 Å². The summed E-state index contributed by atoms with van der Waals surface area (Å²) in [4.78, 5) is 28.1. The largest absolute Gasteiger partial charge is 0.508 e. The van der Waals surface area contributed by atoms with E-state index in [2.05, 4.69) is 21.2 Å². The van der Waals surface area contributed by atoms with Gasteiger partial charge in [-0.1, -0.05) is 55.5 Å². The van der Waals surface area contributed by atoms with Gasteiger partial charge < -0.3 is 15.3 Å². The van der Waals surface area contributed by atoms with E-state index in [1.54, 1.807) is 41.3 Å². The van der Waals surface area contributed by atoms with E-state index in [0.29, 0.717) is 22.3 Å². The fourth-order valence-corrected chi connectivity index (χ4v) is 3.58. The maximum Gasteiger partial charge on any atom is 0.275 e. The van der Waals surface area contributed by atoms with Gasteiger partial charge in [0.25, 0.3) is 11.8 Å². The number of rotatable bonds is 7. The van der Waals surface area contributed by atoms with Crippen LogP contribution in [0.4, 0.5) is 5.69 Å². The van der Waals surface area contributed by atoms with Crippen molar-refractivity contribution >= 4 is 37.9 Å². The van der Waals surface area contributed by atoms with Gasteiger partial charge in [0, 0.05) is 17.8 Å². The summed E-state index contributed by atoms with van der Waals surface area (Å²) in [5.41, 5.74) is 1.99. The molecule has 0 aliphatic heterocycles. The highest BCUT2D eigenvalue weighted by atomic mass is 79.9. The summed E-state index contributed by atoms with van der Waals surface area (Å²) in [5, 5.41) is 12.4. The third kappa shape index (κ3) is 5.61. The summed E-state index contributed by atoms with van der Waals surface area (Å²) < 4.78 is 0.488. The molecular formula is C25H23BrN2O3. The zero-order chi connectivity index (χ0) is 22.2. The molecule has 5 nitrogen and oxygen atoms in total. The number of carbonyl (C=O) groups excluding carboxylic acids is 2. The molecule has 0 aliphatic carbocycles. The van der Waals surface area contributed by atoms with E-state index in [1.165, 1.54) is 12.1 Å². The first kappa shape index (κ1) is 22.3. The monoisotopic (exact) mass is 478 g/mol. The summed E-state index contributed by atoms with van der Waals surface area (Å²) in [5.74, 6) is -0.613. The van der Waals surface area contributed by atoms with Gasteiger partial charge in [-0.05, 0) is 64.3 Å². The smallest absolute Gasteiger partial charge is 0.275 e. The Bertz CT molecular complexity index is 1060. The zero-order valence-electron chi connectivity index (χ0n) is 17.1. The molecule has 2 N–H and O–H groups in total. The highest BCUT2D eigenvalue weighted by molar-refractivity contribution is 9.15. The summed E-state index contributed by atoms with van der Waals surface area (Å²) in [7, 11) is 0. The van der Waals surface area contributed by atoms with Gasteiger partial charge in [0.15, 0.2) is 0 Å². The lowest BCUT2D eigenvalue weighted by Gasteiger charge is -2.25. The molecule has 0 bridgehead atoms. The average Bonchev–Trinajstić information content (AvgIpc) is 2.82. The lowest BCUT2D eigenvalue weighted by atomic mass is 10.1. The Morgan fingerprint density at radius 2 is 1.42 bits per heavy atom. The molecule has 0 aliphatic rings. The Morgan fingerprint density at radius 3 is 1.97 bits per heavy atom. The van der Waals surface area contributed by atoms with E-state index in [-0.39, 0.29) is 23.3 Å². The van der Waals surface area contributed by atoms with Gasteiger partial charge >= 0.3 is 0 Å². The molecule has 0 radical (unpaired) electrons. The Labute approximate surface area is 190 Å². The van der Waals surface area contributed by atoms with Crippen LogP contribution < -0.4 is 10.2 Å². The van der Waals surface area contributed by atoms with Gasteiger partial charge in [-0.25, -0.2) is 0 Å². The quantitative estimate of drug-likeness (QED) is 0.450. The first-order valence-electron chi connectivity index (χ1n) is 9.93. The first-order valence-corrected chi connectivity index (χ1v) is 10.7. The van der Waals surface area contributed by atoms with Crippen molar-refractivity contribution in [3.63, 3.8) is 0 Å². The number of aromatic hydroxyl groups is 1. The molecule has 3 rings (SSSR count). The van der Waals surface area contributed by atoms with Crippen LogP contribution in [0, 0.1) is 0 Å². The van der Waals surface area contributed by atoms with Crippen molar-refractivity contribution in [2.75, 3.05) is 11.4 Å². The number of carbonyl (C=O) groups is 2. The third-order valence-electron chi connectivity index (χ3n) is 4.59. The second-order valence-electron chi connectivity index (χ2n) is 6.85. The average molecular weight is 479 g/mol. The van der Waals surface area contributed by atoms with E-state index < -0.39 is 0 Å². The summed E-state index contributed by atoms with van der Waals surface area (Å²) in [6, 6.07) is 24.5. The number of hydrogen-bond acceptors (Lipinski definition) is 3. The van der Waals surface area contributed by atoms with Crippen molar-refractivity contribution in [1.82, 2.24) is 5.32 Å². The number of halogens is 1. The van der Waals surface area contributed by atoms with Crippen LogP contribution in [0.3, 0.4) is 0 Å². The minimum Gasteiger partial charge on any atom is -0.508 e. The number of anilines is 1. The van der Waals surface area contributed by atoms with E-state index in [1.807, 2.05) is 43.3 Å². The van der Waals surface area contributed by atoms with Gasteiger partial charge in [0.2, 0.25) is 0 Å². The molecular weight excluding hydrogens is 456 g/mol. The Balaban J connectivity index is 2.04. The molecule has 0 aromatic heterocycles. The Kier molecular flexibility index (Phi) is 7.62. The lowest BCUT2D eigenvalue weighted by Crippen LogP contribution is -2.39. The van der Waals surface area contributed by atoms with Gasteiger partial charge in [-0.2, -0.15) is 0 Å². The van der Waals surface area contributed by atoms with Crippen LogP contribution in [0.15, 0.2) is 90.6 Å². The first-order chi connectivity index (χ1) is 15.0. The maximum atomic E-state index is 13.7. The fourth-order valence-electron chi connectivity index (χ4n) is 3.05. The number of nitrogens with one attached hydrogen (secondary N) is 1. The molecule has 0 fully saturated rings. The number of phenols is 1. The van der Waals surface area contributed by atoms with E-state index >= 15 is 0 Å². The van der Waals surface area contributed by atoms with Gasteiger partial charge in [-0.15, -0.1) is 0 Å². The van der Waals surface area contributed by atoms with Crippen molar-refractivity contribution in [3.05, 3.63) is 102 Å². The molecule has 0 spiro atoms. The molecule has 3 aromatic rings. The van der Waals surface area contributed by atoms with E-state index in [0.717, 1.165) is 12.0 Å². The van der Waals surface area contributed by atoms with Crippen LogP contribution in [-0.2, 0) is 4.79 Å². The van der Waals surface area contributed by atoms with Crippen LogP contribution in [-0.4, -0.2) is 23.5 Å². The van der Waals surface area contributed by atoms with Crippen molar-refractivity contribution in [2.24, 2.45) is 0 Å². The van der Waals surface area contributed by atoms with Gasteiger partial charge in [0.1, 0.15) is 11.4 Å². The lowest BCUT2D eigenvalue weighted by molar-refractivity contribution is -0.115. The number of benzene rings is 3. The van der Waals surface area contributed by atoms with Crippen LogP contribution >= 0.6 is 15.9 Å². The maximum absolute atomic E-state index is 13.7. The molecule has 0 saturated carbocycles. The summed E-state index contributed by atoms with van der Waals surface area (Å²) in [6.45, 7) is 2.42. The molecule has 6 heteroatoms. The van der Waals surface area contributed by atoms with Gasteiger partial charge in [0.05, 0.1) is 4.48 Å². The van der Waals surface area contributed by atoms with Crippen molar-refractivity contribution in [3.8, 4) is 5.75 Å². The Morgan fingerprint density at radius 1 is 0.871 bits per heavy atom. The standard InChI is InChI=1S/C25H23BrN2O3/c1-2-17-28(20-13-15-21(29)16-14-20)25(31)23(22(26)18-9-5-3-6-10-18)27-24(30)19-11-7-4-8-12-19/h3-16,29H,2,17H2,1H3,(H,27,30)/b23-22+. The normalized spacial score (nSPS) is 11.4. The molecule has 0 unspecified atom stereocenters. The minimum absolute atomic E-state index is 0.117. The third-order valence-corrected chi connectivity index (χ3v) is 5.44. The number of amides is 2. The second kappa shape index (κ2) is 10.6. The number of nitrogens with zero attached hydrogens (tertiary/aromatic N) is 1. The molecule has 2 amide bonds. The molecule has 3 aromatic carbocycles. The Hall–Kier alpha value is -3.38. The predicted octanol–water partition coefficient (Wildman–Crippen LogP) is 5.33. The molecule has 31 heavy (non-hydrogen) atoms. The molecule has 0 heterocycles. The number of hydrogen-bond donors (Lipinski definition) is 2. The minimum atomic E-state index is -0.376. The van der Waals surface area contributed by atoms with Crippen LogP contribution in [0.25, 0.3) is 4.48 Å². The number of phenolic OH excluding ortho intramolecular Hbond substituents is 1. The van der Waals surface area contributed by atoms with Crippen LogP contribution in [0.5, 0.6) is 5.75 Å². The highest BCUT2D eigenvalue weighted by Crippen LogP contribution is 2.28. The zero-order valence-corrected chi connectivity index (χ0v) is 18.7. The fraction of sp³-hybridized carbons (Fsp3) is 0.120. The predicted molar refractivity (Wildman–Crippen MR) is 127 cm³/mol. The molecule has 0 saturated heterocycles. The summed E-state index contributed by atoms with van der Waals surface area (Å²) >= 11 is 3.54. The molecule has 0 atom stereocenters. The van der Waals surface area contributed by atoms with E-state index in [9.17, 15) is 14.7 Å². The van der Waals surface area contributed by atoms with Crippen LogP contribution in [0.2, 0.25) is 0 Å². The van der Waals surface area contributed by atoms with Crippen molar-refractivity contribution in [2.45, 2.75) is 13.3 Å².